The van der Waals surface area contributed by atoms with Crippen molar-refractivity contribution in [1.29, 1.82) is 0 Å². The van der Waals surface area contributed by atoms with Gasteiger partial charge in [-0.2, -0.15) is 0 Å². The van der Waals surface area contributed by atoms with Crippen molar-refractivity contribution >= 4 is 33.2 Å². The molecule has 0 saturated heterocycles. The Morgan fingerprint density at radius 2 is 2.17 bits per heavy atom. The molecule has 0 aliphatic rings. The standard InChI is InChI=1S/C13H11BrO3S/c14-10-7-8(3-4-11(10)15)6-9(13(16)17)12-2-1-5-18-12/h1-5,7,9,15H,6H2,(H,16,17). The van der Waals surface area contributed by atoms with Crippen LogP contribution in [-0.4, -0.2) is 16.2 Å². The van der Waals surface area contributed by atoms with E-state index in [1.807, 2.05) is 17.5 Å². The summed E-state index contributed by atoms with van der Waals surface area (Å²) in [5, 5.41) is 20.6. The number of thiophene rings is 1. The second-order valence-electron chi connectivity index (χ2n) is 3.90. The summed E-state index contributed by atoms with van der Waals surface area (Å²) in [6.07, 6.45) is 0.411. The van der Waals surface area contributed by atoms with Gasteiger partial charge in [-0.3, -0.25) is 4.79 Å². The number of phenolic OH excluding ortho intramolecular Hbond substituents is 1. The molecule has 0 aliphatic heterocycles. The van der Waals surface area contributed by atoms with E-state index in [0.29, 0.717) is 10.9 Å². The molecule has 94 valence electrons. The molecule has 1 atom stereocenters. The second-order valence-corrected chi connectivity index (χ2v) is 5.73. The predicted octanol–water partition coefficient (Wildman–Crippen LogP) is 3.63. The van der Waals surface area contributed by atoms with E-state index in [1.165, 1.54) is 11.3 Å². The molecule has 0 aliphatic carbocycles. The Morgan fingerprint density at radius 1 is 1.39 bits per heavy atom. The number of hydrogen-bond donors (Lipinski definition) is 2. The maximum Gasteiger partial charge on any atom is 0.312 e. The Bertz CT molecular complexity index is 551. The van der Waals surface area contributed by atoms with Crippen molar-refractivity contribution in [2.24, 2.45) is 0 Å². The summed E-state index contributed by atoms with van der Waals surface area (Å²) in [6.45, 7) is 0. The normalized spacial score (nSPS) is 12.3. The first-order chi connectivity index (χ1) is 8.58. The number of carboxylic acid groups (broad SMARTS) is 1. The third-order valence-electron chi connectivity index (χ3n) is 2.64. The smallest absolute Gasteiger partial charge is 0.312 e. The second kappa shape index (κ2) is 5.54. The molecule has 5 heteroatoms. The lowest BCUT2D eigenvalue weighted by Crippen LogP contribution is -2.13. The van der Waals surface area contributed by atoms with Crippen LogP contribution in [-0.2, 0) is 11.2 Å². The zero-order chi connectivity index (χ0) is 13.1. The van der Waals surface area contributed by atoms with E-state index >= 15 is 0 Å². The first-order valence-electron chi connectivity index (χ1n) is 5.31. The highest BCUT2D eigenvalue weighted by atomic mass is 79.9. The summed E-state index contributed by atoms with van der Waals surface area (Å²) in [4.78, 5) is 12.1. The molecule has 0 amide bonds. The minimum Gasteiger partial charge on any atom is -0.507 e. The molecule has 1 heterocycles. The summed E-state index contributed by atoms with van der Waals surface area (Å²) < 4.78 is 0.579. The number of halogens is 1. The number of aromatic hydroxyl groups is 1. The zero-order valence-electron chi connectivity index (χ0n) is 9.34. The van der Waals surface area contributed by atoms with Gasteiger partial charge < -0.3 is 10.2 Å². The number of phenols is 1. The lowest BCUT2D eigenvalue weighted by Gasteiger charge is -2.11. The van der Waals surface area contributed by atoms with Crippen LogP contribution in [0.3, 0.4) is 0 Å². The van der Waals surface area contributed by atoms with Gasteiger partial charge in [0, 0.05) is 4.88 Å². The zero-order valence-corrected chi connectivity index (χ0v) is 11.7. The van der Waals surface area contributed by atoms with Crippen LogP contribution in [0, 0.1) is 0 Å². The van der Waals surface area contributed by atoms with Gasteiger partial charge in [0.1, 0.15) is 5.75 Å². The Balaban J connectivity index is 2.24. The van der Waals surface area contributed by atoms with Gasteiger partial charge in [0.15, 0.2) is 0 Å². The number of carbonyl (C=O) groups is 1. The highest BCUT2D eigenvalue weighted by Gasteiger charge is 2.21. The molecular formula is C13H11BrO3S. The molecule has 2 N–H and O–H groups in total. The third kappa shape index (κ3) is 2.91. The highest BCUT2D eigenvalue weighted by Crippen LogP contribution is 2.29. The Morgan fingerprint density at radius 3 is 2.72 bits per heavy atom. The molecule has 18 heavy (non-hydrogen) atoms. The van der Waals surface area contributed by atoms with Gasteiger partial charge in [-0.15, -0.1) is 11.3 Å². The number of hydrogen-bond acceptors (Lipinski definition) is 3. The first-order valence-corrected chi connectivity index (χ1v) is 6.99. The molecular weight excluding hydrogens is 316 g/mol. The molecule has 2 aromatic rings. The maximum atomic E-state index is 11.3. The Labute approximate surface area is 117 Å². The van der Waals surface area contributed by atoms with Gasteiger partial charge in [0.05, 0.1) is 10.4 Å². The van der Waals surface area contributed by atoms with Crippen molar-refractivity contribution in [2.75, 3.05) is 0 Å². The summed E-state index contributed by atoms with van der Waals surface area (Å²) >= 11 is 4.67. The maximum absolute atomic E-state index is 11.3. The molecule has 0 saturated carbocycles. The quantitative estimate of drug-likeness (QED) is 0.902. The van der Waals surface area contributed by atoms with Crippen LogP contribution >= 0.6 is 27.3 Å². The number of benzene rings is 1. The van der Waals surface area contributed by atoms with Gasteiger partial charge >= 0.3 is 5.97 Å². The van der Waals surface area contributed by atoms with Crippen molar-refractivity contribution in [2.45, 2.75) is 12.3 Å². The molecule has 1 aromatic carbocycles. The molecule has 0 spiro atoms. The number of rotatable bonds is 4. The molecule has 0 radical (unpaired) electrons. The fourth-order valence-electron chi connectivity index (χ4n) is 1.71. The fraction of sp³-hybridized carbons (Fsp3) is 0.154. The molecule has 0 bridgehead atoms. The van der Waals surface area contributed by atoms with E-state index < -0.39 is 11.9 Å². The molecule has 0 fully saturated rings. The van der Waals surface area contributed by atoms with Gasteiger partial charge in [-0.25, -0.2) is 0 Å². The van der Waals surface area contributed by atoms with Crippen LogP contribution in [0.15, 0.2) is 40.2 Å². The molecule has 1 unspecified atom stereocenters. The van der Waals surface area contributed by atoms with Gasteiger partial charge in [-0.05, 0) is 51.5 Å². The van der Waals surface area contributed by atoms with Gasteiger partial charge in [-0.1, -0.05) is 12.1 Å². The van der Waals surface area contributed by atoms with E-state index in [2.05, 4.69) is 15.9 Å². The average molecular weight is 327 g/mol. The Hall–Kier alpha value is -1.33. The Kier molecular flexibility index (Phi) is 4.04. The summed E-state index contributed by atoms with van der Waals surface area (Å²) in [6, 6.07) is 8.73. The first kappa shape index (κ1) is 13.1. The largest absolute Gasteiger partial charge is 0.507 e. The summed E-state index contributed by atoms with van der Waals surface area (Å²) in [5.41, 5.74) is 0.875. The van der Waals surface area contributed by atoms with Crippen LogP contribution < -0.4 is 0 Å². The van der Waals surface area contributed by atoms with E-state index in [0.717, 1.165) is 10.4 Å². The lowest BCUT2D eigenvalue weighted by atomic mass is 9.98. The van der Waals surface area contributed by atoms with Crippen LogP contribution in [0.25, 0.3) is 0 Å². The van der Waals surface area contributed by atoms with Crippen molar-refractivity contribution in [3.63, 3.8) is 0 Å². The van der Waals surface area contributed by atoms with Crippen LogP contribution in [0.1, 0.15) is 16.4 Å². The predicted molar refractivity (Wildman–Crippen MR) is 74.2 cm³/mol. The van der Waals surface area contributed by atoms with E-state index in [-0.39, 0.29) is 5.75 Å². The summed E-state index contributed by atoms with van der Waals surface area (Å²) in [5.74, 6) is -1.22. The summed E-state index contributed by atoms with van der Waals surface area (Å²) in [7, 11) is 0. The highest BCUT2D eigenvalue weighted by molar-refractivity contribution is 9.10. The average Bonchev–Trinajstić information content (AvgIpc) is 2.83. The van der Waals surface area contributed by atoms with E-state index in [1.54, 1.807) is 18.2 Å². The van der Waals surface area contributed by atoms with E-state index in [9.17, 15) is 15.0 Å². The topological polar surface area (TPSA) is 57.5 Å². The minimum atomic E-state index is -0.832. The lowest BCUT2D eigenvalue weighted by molar-refractivity contribution is -0.138. The third-order valence-corrected chi connectivity index (χ3v) is 4.26. The van der Waals surface area contributed by atoms with Crippen LogP contribution in [0.5, 0.6) is 5.75 Å². The van der Waals surface area contributed by atoms with Crippen molar-refractivity contribution in [3.05, 3.63) is 50.6 Å². The number of carboxylic acids is 1. The van der Waals surface area contributed by atoms with Crippen molar-refractivity contribution in [3.8, 4) is 5.75 Å². The SMILES string of the molecule is O=C(O)C(Cc1ccc(O)c(Br)c1)c1cccs1. The van der Waals surface area contributed by atoms with Crippen LogP contribution in [0.2, 0.25) is 0 Å². The minimum absolute atomic E-state index is 0.154. The van der Waals surface area contributed by atoms with Crippen LogP contribution in [0.4, 0.5) is 0 Å². The van der Waals surface area contributed by atoms with Gasteiger partial charge in [0.2, 0.25) is 0 Å². The van der Waals surface area contributed by atoms with Crippen molar-refractivity contribution in [1.82, 2.24) is 0 Å². The monoisotopic (exact) mass is 326 g/mol. The molecule has 1 aromatic heterocycles. The molecule has 3 nitrogen and oxygen atoms in total. The number of aliphatic carboxylic acids is 1. The van der Waals surface area contributed by atoms with Crippen molar-refractivity contribution < 1.29 is 15.0 Å². The van der Waals surface area contributed by atoms with E-state index in [4.69, 9.17) is 0 Å². The molecule has 2 rings (SSSR count). The van der Waals surface area contributed by atoms with Gasteiger partial charge in [0.25, 0.3) is 0 Å². The fourth-order valence-corrected chi connectivity index (χ4v) is 2.96.